The molecule has 1 atom stereocenters. The van der Waals surface area contributed by atoms with Crippen molar-refractivity contribution in [3.63, 3.8) is 0 Å². The Labute approximate surface area is 177 Å². The predicted molar refractivity (Wildman–Crippen MR) is 112 cm³/mol. The lowest BCUT2D eigenvalue weighted by Gasteiger charge is -2.36. The van der Waals surface area contributed by atoms with Crippen LogP contribution in [-0.2, 0) is 16.0 Å². The molecule has 9 heteroatoms. The fourth-order valence-electron chi connectivity index (χ4n) is 3.88. The molecule has 1 fully saturated rings. The number of halogens is 1. The highest BCUT2D eigenvalue weighted by atomic mass is 35.5. The third kappa shape index (κ3) is 3.72. The maximum Gasteiger partial charge on any atom is 0.308 e. The highest BCUT2D eigenvalue weighted by molar-refractivity contribution is 7.17. The lowest BCUT2D eigenvalue weighted by atomic mass is 9.93. The van der Waals surface area contributed by atoms with Gasteiger partial charge in [-0.25, -0.2) is 4.98 Å². The van der Waals surface area contributed by atoms with Gasteiger partial charge < -0.3 is 9.84 Å². The topological polar surface area (TPSA) is 80.0 Å². The Bertz CT molecular complexity index is 1030. The van der Waals surface area contributed by atoms with Crippen LogP contribution < -0.4 is 0 Å². The van der Waals surface area contributed by atoms with Crippen LogP contribution in [0.4, 0.5) is 0 Å². The van der Waals surface area contributed by atoms with Crippen molar-refractivity contribution < 1.29 is 14.6 Å². The van der Waals surface area contributed by atoms with Gasteiger partial charge in [-0.2, -0.15) is 4.52 Å². The molecule has 0 aliphatic carbocycles. The minimum atomic E-state index is -0.235. The van der Waals surface area contributed by atoms with Gasteiger partial charge in [-0.1, -0.05) is 48.1 Å². The summed E-state index contributed by atoms with van der Waals surface area (Å²) < 4.78 is 6.41. The molecule has 0 amide bonds. The molecule has 1 aliphatic rings. The third-order valence-corrected chi connectivity index (χ3v) is 6.85. The first kappa shape index (κ1) is 20.1. The van der Waals surface area contributed by atoms with Gasteiger partial charge >= 0.3 is 5.97 Å². The number of aromatic hydroxyl groups is 1. The number of likely N-dealkylation sites (tertiary alicyclic amines) is 1. The van der Waals surface area contributed by atoms with Crippen molar-refractivity contribution in [2.45, 2.75) is 32.2 Å². The predicted octanol–water partition coefficient (Wildman–Crippen LogP) is 3.69. The van der Waals surface area contributed by atoms with E-state index >= 15 is 0 Å². The smallest absolute Gasteiger partial charge is 0.308 e. The van der Waals surface area contributed by atoms with Crippen molar-refractivity contribution in [2.75, 3.05) is 20.2 Å². The second kappa shape index (κ2) is 8.30. The van der Waals surface area contributed by atoms with E-state index in [2.05, 4.69) is 15.0 Å². The maximum atomic E-state index is 11.9. The molecule has 2 aromatic heterocycles. The summed E-state index contributed by atoms with van der Waals surface area (Å²) >= 11 is 7.97. The molecule has 29 heavy (non-hydrogen) atoms. The lowest BCUT2D eigenvalue weighted by molar-refractivity contribution is -0.147. The van der Waals surface area contributed by atoms with Gasteiger partial charge in [-0.05, 0) is 37.6 Å². The number of fused-ring (bicyclic) bond motifs is 1. The summed E-state index contributed by atoms with van der Waals surface area (Å²) in [6, 6.07) is 7.43. The van der Waals surface area contributed by atoms with Crippen LogP contribution in [0.15, 0.2) is 24.3 Å². The monoisotopic (exact) mass is 434 g/mol. The van der Waals surface area contributed by atoms with Crippen molar-refractivity contribution in [2.24, 2.45) is 5.92 Å². The summed E-state index contributed by atoms with van der Waals surface area (Å²) in [5, 5.41) is 16.0. The Morgan fingerprint density at radius 1 is 1.38 bits per heavy atom. The average molecular weight is 435 g/mol. The fourth-order valence-corrected chi connectivity index (χ4v) is 5.25. The number of carbonyl (C=O) groups excluding carboxylic acids is 1. The average Bonchev–Trinajstić information content (AvgIpc) is 3.29. The first-order chi connectivity index (χ1) is 14.0. The zero-order chi connectivity index (χ0) is 20.5. The summed E-state index contributed by atoms with van der Waals surface area (Å²) in [5.74, 6) is 0.544. The number of rotatable bonds is 5. The Kier molecular flexibility index (Phi) is 5.76. The Morgan fingerprint density at radius 3 is 2.72 bits per heavy atom. The van der Waals surface area contributed by atoms with Crippen molar-refractivity contribution in [3.8, 4) is 5.88 Å². The second-order valence-corrected chi connectivity index (χ2v) is 8.54. The number of hydrogen-bond acceptors (Lipinski definition) is 7. The summed E-state index contributed by atoms with van der Waals surface area (Å²) in [5.41, 5.74) is 0.918. The van der Waals surface area contributed by atoms with E-state index in [1.165, 1.54) is 23.0 Å². The van der Waals surface area contributed by atoms with Crippen LogP contribution in [0.2, 0.25) is 5.02 Å². The number of aromatic nitrogens is 3. The number of hydrogen-bond donors (Lipinski definition) is 1. The number of ether oxygens (including phenoxy) is 1. The molecule has 154 valence electrons. The van der Waals surface area contributed by atoms with E-state index in [9.17, 15) is 9.90 Å². The molecule has 3 aromatic rings. The van der Waals surface area contributed by atoms with Gasteiger partial charge in [0.2, 0.25) is 10.8 Å². The zero-order valence-electron chi connectivity index (χ0n) is 16.3. The van der Waals surface area contributed by atoms with Crippen LogP contribution in [0.1, 0.15) is 42.1 Å². The van der Waals surface area contributed by atoms with Crippen LogP contribution in [0.3, 0.4) is 0 Å². The fraction of sp³-hybridized carbons (Fsp3) is 0.450. The molecule has 7 nitrogen and oxygen atoms in total. The van der Waals surface area contributed by atoms with E-state index in [4.69, 9.17) is 16.3 Å². The van der Waals surface area contributed by atoms with Gasteiger partial charge in [0.05, 0.1) is 23.9 Å². The van der Waals surface area contributed by atoms with Crippen molar-refractivity contribution in [3.05, 3.63) is 45.6 Å². The molecule has 0 bridgehead atoms. The summed E-state index contributed by atoms with van der Waals surface area (Å²) in [6.07, 6.45) is 2.11. The van der Waals surface area contributed by atoms with Crippen LogP contribution in [0, 0.1) is 5.92 Å². The number of thiazole rings is 1. The van der Waals surface area contributed by atoms with Gasteiger partial charge in [-0.3, -0.25) is 9.69 Å². The molecule has 1 N–H and O–H groups in total. The highest BCUT2D eigenvalue weighted by Gasteiger charge is 2.35. The molecule has 1 aliphatic heterocycles. The number of aryl methyl sites for hydroxylation is 1. The molecule has 0 saturated carbocycles. The van der Waals surface area contributed by atoms with Crippen molar-refractivity contribution in [1.82, 2.24) is 19.5 Å². The van der Waals surface area contributed by atoms with Crippen molar-refractivity contribution >= 4 is 33.9 Å². The standard InChI is InChI=1S/C20H23ClN4O3S/c1-3-15-22-20-25(23-15)18(26)17(29-20)16(13-6-4-5-7-14(13)21)24-10-8-12(9-11-24)19(27)28-2/h4-7,12,16,26H,3,8-11H2,1-2H3. The molecule has 1 aromatic carbocycles. The normalized spacial score (nSPS) is 16.9. The van der Waals surface area contributed by atoms with E-state index < -0.39 is 0 Å². The summed E-state index contributed by atoms with van der Waals surface area (Å²) in [7, 11) is 1.43. The number of benzene rings is 1. The van der Waals surface area contributed by atoms with Crippen LogP contribution in [0.5, 0.6) is 5.88 Å². The third-order valence-electron chi connectivity index (χ3n) is 5.44. The molecule has 0 spiro atoms. The van der Waals surface area contributed by atoms with Gasteiger partial charge in [-0.15, -0.1) is 5.10 Å². The van der Waals surface area contributed by atoms with Gasteiger partial charge in [0.25, 0.3) is 0 Å². The largest absolute Gasteiger partial charge is 0.492 e. The minimum Gasteiger partial charge on any atom is -0.492 e. The Balaban J connectivity index is 1.73. The summed E-state index contributed by atoms with van der Waals surface area (Å²) in [4.78, 5) is 20.1. The SMILES string of the molecule is CCc1nc2sc(C(c3ccccc3Cl)N3CCC(C(=O)OC)CC3)c(O)n2n1. The Hall–Kier alpha value is -2.16. The van der Waals surface area contributed by atoms with Crippen LogP contribution in [0.25, 0.3) is 4.96 Å². The van der Waals surface area contributed by atoms with E-state index in [0.29, 0.717) is 48.2 Å². The molecule has 3 heterocycles. The molecule has 1 saturated heterocycles. The number of nitrogens with zero attached hydrogens (tertiary/aromatic N) is 4. The van der Waals surface area contributed by atoms with Crippen LogP contribution in [-0.4, -0.2) is 50.8 Å². The van der Waals surface area contributed by atoms with E-state index in [0.717, 1.165) is 10.4 Å². The first-order valence-electron chi connectivity index (χ1n) is 9.67. The lowest BCUT2D eigenvalue weighted by Crippen LogP contribution is -2.39. The summed E-state index contributed by atoms with van der Waals surface area (Å²) in [6.45, 7) is 3.38. The highest BCUT2D eigenvalue weighted by Crippen LogP contribution is 2.43. The van der Waals surface area contributed by atoms with E-state index in [1.54, 1.807) is 0 Å². The van der Waals surface area contributed by atoms with E-state index in [1.807, 2.05) is 31.2 Å². The number of esters is 1. The van der Waals surface area contributed by atoms with E-state index in [-0.39, 0.29) is 23.8 Å². The maximum absolute atomic E-state index is 11.9. The number of carbonyl (C=O) groups is 1. The molecule has 1 unspecified atom stereocenters. The van der Waals surface area contributed by atoms with Gasteiger partial charge in [0.15, 0.2) is 5.82 Å². The first-order valence-corrected chi connectivity index (χ1v) is 10.9. The zero-order valence-corrected chi connectivity index (χ0v) is 17.9. The Morgan fingerprint density at radius 2 is 2.10 bits per heavy atom. The van der Waals surface area contributed by atoms with Crippen molar-refractivity contribution in [1.29, 1.82) is 0 Å². The second-order valence-electron chi connectivity index (χ2n) is 7.12. The quantitative estimate of drug-likeness (QED) is 0.617. The molecular formula is C20H23ClN4O3S. The van der Waals surface area contributed by atoms with Gasteiger partial charge in [0.1, 0.15) is 0 Å². The molecule has 0 radical (unpaired) electrons. The molecular weight excluding hydrogens is 412 g/mol. The van der Waals surface area contributed by atoms with Gasteiger partial charge in [0, 0.05) is 11.4 Å². The minimum absolute atomic E-state index is 0.0915. The number of methoxy groups -OCH3 is 1. The number of piperidine rings is 1. The molecule has 4 rings (SSSR count). The van der Waals surface area contributed by atoms with Crippen LogP contribution >= 0.6 is 22.9 Å².